The second-order valence-corrected chi connectivity index (χ2v) is 5.38. The normalized spacial score (nSPS) is 15.3. The maximum Gasteiger partial charge on any atom is 0.253 e. The molecular weight excluding hydrogens is 294 g/mol. The second kappa shape index (κ2) is 7.04. The predicted molar refractivity (Wildman–Crippen MR) is 85.5 cm³/mol. The SMILES string of the molecule is COc1ccnc(N2CCC(NC(=O)c3cccnc3)CC2)n1. The summed E-state index contributed by atoms with van der Waals surface area (Å²) >= 11 is 0. The third-order valence-electron chi connectivity index (χ3n) is 3.86. The van der Waals surface area contributed by atoms with Gasteiger partial charge in [-0.05, 0) is 25.0 Å². The Hall–Kier alpha value is -2.70. The molecule has 1 fully saturated rings. The number of piperidine rings is 1. The van der Waals surface area contributed by atoms with Crippen LogP contribution < -0.4 is 15.0 Å². The zero-order chi connectivity index (χ0) is 16.1. The van der Waals surface area contributed by atoms with Gasteiger partial charge < -0.3 is 15.0 Å². The summed E-state index contributed by atoms with van der Waals surface area (Å²) in [7, 11) is 1.59. The molecule has 0 radical (unpaired) electrons. The number of rotatable bonds is 4. The van der Waals surface area contributed by atoms with Crippen molar-refractivity contribution in [2.75, 3.05) is 25.1 Å². The molecular formula is C16H19N5O2. The molecule has 1 amide bonds. The summed E-state index contributed by atoms with van der Waals surface area (Å²) in [5.74, 6) is 1.15. The highest BCUT2D eigenvalue weighted by molar-refractivity contribution is 5.94. The summed E-state index contributed by atoms with van der Waals surface area (Å²) in [5, 5.41) is 3.06. The number of pyridine rings is 1. The van der Waals surface area contributed by atoms with E-state index in [1.807, 2.05) is 0 Å². The second-order valence-electron chi connectivity index (χ2n) is 5.38. The van der Waals surface area contributed by atoms with E-state index in [0.717, 1.165) is 25.9 Å². The van der Waals surface area contributed by atoms with Crippen LogP contribution in [0.4, 0.5) is 5.95 Å². The van der Waals surface area contributed by atoms with E-state index in [1.54, 1.807) is 43.9 Å². The zero-order valence-electron chi connectivity index (χ0n) is 13.0. The lowest BCUT2D eigenvalue weighted by molar-refractivity contribution is 0.0930. The molecule has 23 heavy (non-hydrogen) atoms. The van der Waals surface area contributed by atoms with Crippen molar-refractivity contribution < 1.29 is 9.53 Å². The van der Waals surface area contributed by atoms with E-state index in [-0.39, 0.29) is 11.9 Å². The number of aromatic nitrogens is 3. The van der Waals surface area contributed by atoms with Gasteiger partial charge in [0.05, 0.1) is 12.7 Å². The van der Waals surface area contributed by atoms with Gasteiger partial charge in [0, 0.05) is 43.8 Å². The molecule has 1 aliphatic rings. The average molecular weight is 313 g/mol. The summed E-state index contributed by atoms with van der Waals surface area (Å²) in [6.07, 6.45) is 6.63. The summed E-state index contributed by atoms with van der Waals surface area (Å²) < 4.78 is 5.13. The van der Waals surface area contributed by atoms with Crippen molar-refractivity contribution in [3.05, 3.63) is 42.4 Å². The largest absolute Gasteiger partial charge is 0.481 e. The van der Waals surface area contributed by atoms with Gasteiger partial charge in [-0.2, -0.15) is 4.98 Å². The van der Waals surface area contributed by atoms with Crippen LogP contribution in [0.5, 0.6) is 5.88 Å². The molecule has 0 atom stereocenters. The fourth-order valence-corrected chi connectivity index (χ4v) is 2.59. The van der Waals surface area contributed by atoms with E-state index in [9.17, 15) is 4.79 Å². The molecule has 120 valence electrons. The van der Waals surface area contributed by atoms with Crippen molar-refractivity contribution in [3.8, 4) is 5.88 Å². The number of carbonyl (C=O) groups is 1. The third kappa shape index (κ3) is 3.74. The van der Waals surface area contributed by atoms with Gasteiger partial charge in [0.15, 0.2) is 0 Å². The number of ether oxygens (including phenoxy) is 1. The first-order valence-corrected chi connectivity index (χ1v) is 7.59. The minimum Gasteiger partial charge on any atom is -0.481 e. The molecule has 1 aliphatic heterocycles. The van der Waals surface area contributed by atoms with Crippen molar-refractivity contribution in [2.45, 2.75) is 18.9 Å². The van der Waals surface area contributed by atoms with E-state index in [0.29, 0.717) is 17.4 Å². The number of anilines is 1. The van der Waals surface area contributed by atoms with Gasteiger partial charge >= 0.3 is 0 Å². The van der Waals surface area contributed by atoms with Crippen LogP contribution in [-0.4, -0.2) is 47.1 Å². The number of methoxy groups -OCH3 is 1. The molecule has 2 aromatic rings. The predicted octanol–water partition coefficient (Wildman–Crippen LogP) is 1.28. The molecule has 2 aromatic heterocycles. The van der Waals surface area contributed by atoms with Crippen LogP contribution in [0.25, 0.3) is 0 Å². The number of nitrogens with one attached hydrogen (secondary N) is 1. The lowest BCUT2D eigenvalue weighted by Crippen LogP contribution is -2.45. The molecule has 1 N–H and O–H groups in total. The van der Waals surface area contributed by atoms with Crippen molar-refractivity contribution >= 4 is 11.9 Å². The maximum absolute atomic E-state index is 12.1. The summed E-state index contributed by atoms with van der Waals surface area (Å²) in [6, 6.07) is 5.41. The monoisotopic (exact) mass is 313 g/mol. The lowest BCUT2D eigenvalue weighted by atomic mass is 10.0. The van der Waals surface area contributed by atoms with E-state index >= 15 is 0 Å². The first kappa shape index (κ1) is 15.2. The van der Waals surface area contributed by atoms with Gasteiger partial charge in [-0.25, -0.2) is 4.98 Å². The number of nitrogens with zero attached hydrogens (tertiary/aromatic N) is 4. The van der Waals surface area contributed by atoms with Gasteiger partial charge in [0.25, 0.3) is 5.91 Å². The zero-order valence-corrected chi connectivity index (χ0v) is 13.0. The highest BCUT2D eigenvalue weighted by Crippen LogP contribution is 2.18. The van der Waals surface area contributed by atoms with E-state index < -0.39 is 0 Å². The van der Waals surface area contributed by atoms with E-state index in [4.69, 9.17) is 4.74 Å². The Morgan fingerprint density at radius 2 is 2.13 bits per heavy atom. The molecule has 7 heteroatoms. The van der Waals surface area contributed by atoms with E-state index in [2.05, 4.69) is 25.2 Å². The average Bonchev–Trinajstić information content (AvgIpc) is 2.63. The molecule has 0 bridgehead atoms. The fourth-order valence-electron chi connectivity index (χ4n) is 2.59. The quantitative estimate of drug-likeness (QED) is 0.916. The van der Waals surface area contributed by atoms with Crippen LogP contribution in [0.1, 0.15) is 23.2 Å². The summed E-state index contributed by atoms with van der Waals surface area (Å²) in [5.41, 5.74) is 0.589. The topological polar surface area (TPSA) is 80.2 Å². The lowest BCUT2D eigenvalue weighted by Gasteiger charge is -2.32. The Kier molecular flexibility index (Phi) is 4.65. The first-order chi connectivity index (χ1) is 11.3. The number of hydrogen-bond acceptors (Lipinski definition) is 6. The van der Waals surface area contributed by atoms with Crippen molar-refractivity contribution in [3.63, 3.8) is 0 Å². The Morgan fingerprint density at radius 3 is 2.83 bits per heavy atom. The fraction of sp³-hybridized carbons (Fsp3) is 0.375. The standard InChI is InChI=1S/C16H19N5O2/c1-23-14-4-8-18-16(20-14)21-9-5-13(6-10-21)19-15(22)12-3-2-7-17-11-12/h2-4,7-8,11,13H,5-6,9-10H2,1H3,(H,19,22). The molecule has 3 heterocycles. The van der Waals surface area contributed by atoms with Gasteiger partial charge in [0.2, 0.25) is 11.8 Å². The van der Waals surface area contributed by atoms with Gasteiger partial charge in [-0.1, -0.05) is 0 Å². The Morgan fingerprint density at radius 1 is 1.30 bits per heavy atom. The van der Waals surface area contributed by atoms with Gasteiger partial charge in [0.1, 0.15) is 0 Å². The van der Waals surface area contributed by atoms with Crippen LogP contribution >= 0.6 is 0 Å². The summed E-state index contributed by atoms with van der Waals surface area (Å²) in [6.45, 7) is 1.59. The smallest absolute Gasteiger partial charge is 0.253 e. The molecule has 0 unspecified atom stereocenters. The van der Waals surface area contributed by atoms with Gasteiger partial charge in [-0.15, -0.1) is 0 Å². The first-order valence-electron chi connectivity index (χ1n) is 7.59. The van der Waals surface area contributed by atoms with Gasteiger partial charge in [-0.3, -0.25) is 9.78 Å². The molecule has 3 rings (SSSR count). The molecule has 0 aromatic carbocycles. The van der Waals surface area contributed by atoms with Crippen LogP contribution in [0.15, 0.2) is 36.8 Å². The Balaban J connectivity index is 1.55. The number of carbonyl (C=O) groups excluding carboxylic acids is 1. The minimum atomic E-state index is -0.0748. The molecule has 0 saturated carbocycles. The highest BCUT2D eigenvalue weighted by Gasteiger charge is 2.22. The maximum atomic E-state index is 12.1. The van der Waals surface area contributed by atoms with Crippen molar-refractivity contribution in [1.29, 1.82) is 0 Å². The van der Waals surface area contributed by atoms with Crippen molar-refractivity contribution in [2.24, 2.45) is 0 Å². The highest BCUT2D eigenvalue weighted by atomic mass is 16.5. The third-order valence-corrected chi connectivity index (χ3v) is 3.86. The molecule has 0 aliphatic carbocycles. The van der Waals surface area contributed by atoms with Crippen LogP contribution in [-0.2, 0) is 0 Å². The van der Waals surface area contributed by atoms with Crippen molar-refractivity contribution in [1.82, 2.24) is 20.3 Å². The van der Waals surface area contributed by atoms with Crippen LogP contribution in [0.3, 0.4) is 0 Å². The summed E-state index contributed by atoms with van der Waals surface area (Å²) in [4.78, 5) is 26.8. The van der Waals surface area contributed by atoms with Crippen LogP contribution in [0.2, 0.25) is 0 Å². The Labute approximate surface area is 134 Å². The molecule has 7 nitrogen and oxygen atoms in total. The van der Waals surface area contributed by atoms with Crippen LogP contribution in [0, 0.1) is 0 Å². The van der Waals surface area contributed by atoms with E-state index in [1.165, 1.54) is 0 Å². The number of amides is 1. The minimum absolute atomic E-state index is 0.0748. The number of hydrogen-bond donors (Lipinski definition) is 1. The Bertz CT molecular complexity index is 657. The molecule has 0 spiro atoms. The molecule has 1 saturated heterocycles.